The maximum Gasteiger partial charge on any atom is 0.0817 e. The summed E-state index contributed by atoms with van der Waals surface area (Å²) in [4.78, 5) is 0. The van der Waals surface area contributed by atoms with Crippen LogP contribution < -0.4 is 5.32 Å². The van der Waals surface area contributed by atoms with Gasteiger partial charge in [0.15, 0.2) is 0 Å². The monoisotopic (exact) mass is 177 g/mol. The number of aliphatic hydroxyl groups is 1. The summed E-state index contributed by atoms with van der Waals surface area (Å²) in [7, 11) is 0. The Balaban J connectivity index is 1.80. The number of hydrogen-bond acceptors (Lipinski definition) is 2. The Labute approximate surface area is 78.6 Å². The van der Waals surface area contributed by atoms with E-state index in [0.29, 0.717) is 6.04 Å². The zero-order valence-corrected chi connectivity index (χ0v) is 7.61. The Morgan fingerprint density at radius 2 is 2.08 bits per heavy atom. The van der Waals surface area contributed by atoms with Gasteiger partial charge in [-0.25, -0.2) is 0 Å². The first-order valence-electron chi connectivity index (χ1n) is 4.81. The lowest BCUT2D eigenvalue weighted by molar-refractivity contribution is 0.0574. The Kier molecular flexibility index (Phi) is 2.62. The second-order valence-electron chi connectivity index (χ2n) is 3.61. The van der Waals surface area contributed by atoms with Crippen LogP contribution >= 0.6 is 0 Å². The third-order valence-electron chi connectivity index (χ3n) is 2.64. The average molecular weight is 177 g/mol. The molecule has 0 aliphatic carbocycles. The van der Waals surface area contributed by atoms with Crippen LogP contribution in [-0.2, 0) is 6.42 Å². The maximum atomic E-state index is 9.32. The van der Waals surface area contributed by atoms with Crippen LogP contribution in [0.3, 0.4) is 0 Å². The third kappa shape index (κ3) is 2.08. The minimum Gasteiger partial charge on any atom is -0.390 e. The first-order chi connectivity index (χ1) is 6.36. The van der Waals surface area contributed by atoms with Crippen LogP contribution in [0.5, 0.6) is 0 Å². The van der Waals surface area contributed by atoms with Crippen LogP contribution in [-0.4, -0.2) is 23.8 Å². The van der Waals surface area contributed by atoms with Gasteiger partial charge in [0.05, 0.1) is 6.10 Å². The van der Waals surface area contributed by atoms with E-state index in [-0.39, 0.29) is 6.10 Å². The molecule has 2 atom stereocenters. The summed E-state index contributed by atoms with van der Waals surface area (Å²) in [6.07, 6.45) is 1.96. The molecule has 2 rings (SSSR count). The van der Waals surface area contributed by atoms with Crippen LogP contribution in [0.4, 0.5) is 0 Å². The van der Waals surface area contributed by atoms with E-state index in [2.05, 4.69) is 29.6 Å². The molecule has 0 bridgehead atoms. The van der Waals surface area contributed by atoms with Gasteiger partial charge in [0.1, 0.15) is 0 Å². The highest BCUT2D eigenvalue weighted by Gasteiger charge is 2.26. The van der Waals surface area contributed by atoms with Gasteiger partial charge in [-0.2, -0.15) is 0 Å². The molecule has 1 aromatic carbocycles. The highest BCUT2D eigenvalue weighted by molar-refractivity contribution is 5.15. The molecule has 1 heterocycles. The molecular formula is C11H15NO. The Hall–Kier alpha value is -0.860. The fourth-order valence-electron chi connectivity index (χ4n) is 1.65. The van der Waals surface area contributed by atoms with Gasteiger partial charge in [-0.1, -0.05) is 30.3 Å². The third-order valence-corrected chi connectivity index (χ3v) is 2.64. The topological polar surface area (TPSA) is 32.3 Å². The number of aryl methyl sites for hydroxylation is 1. The Morgan fingerprint density at radius 3 is 2.62 bits per heavy atom. The van der Waals surface area contributed by atoms with E-state index in [0.717, 1.165) is 19.4 Å². The molecule has 2 heteroatoms. The molecule has 0 spiro atoms. The van der Waals surface area contributed by atoms with Crippen molar-refractivity contribution < 1.29 is 5.11 Å². The van der Waals surface area contributed by atoms with Gasteiger partial charge < -0.3 is 10.4 Å². The lowest BCUT2D eigenvalue weighted by atomic mass is 9.96. The summed E-state index contributed by atoms with van der Waals surface area (Å²) in [6.45, 7) is 0.763. The number of β-amino-alcohol motifs (C(OH)–C–C–N with tert-alkyl or cyclic N) is 1. The quantitative estimate of drug-likeness (QED) is 0.720. The largest absolute Gasteiger partial charge is 0.390 e. The second-order valence-corrected chi connectivity index (χ2v) is 3.61. The first-order valence-corrected chi connectivity index (χ1v) is 4.81. The van der Waals surface area contributed by atoms with Crippen molar-refractivity contribution in [2.75, 3.05) is 6.54 Å². The van der Waals surface area contributed by atoms with Gasteiger partial charge >= 0.3 is 0 Å². The van der Waals surface area contributed by atoms with E-state index in [9.17, 15) is 5.11 Å². The highest BCUT2D eigenvalue weighted by atomic mass is 16.3. The zero-order chi connectivity index (χ0) is 9.10. The molecule has 2 nitrogen and oxygen atoms in total. The summed E-state index contributed by atoms with van der Waals surface area (Å²) >= 11 is 0. The first kappa shape index (κ1) is 8.73. The van der Waals surface area contributed by atoms with Crippen LogP contribution in [0.2, 0.25) is 0 Å². The van der Waals surface area contributed by atoms with E-state index in [1.807, 2.05) is 6.07 Å². The fourth-order valence-corrected chi connectivity index (χ4v) is 1.65. The number of hydrogen-bond donors (Lipinski definition) is 2. The van der Waals surface area contributed by atoms with Crippen molar-refractivity contribution in [2.24, 2.45) is 0 Å². The van der Waals surface area contributed by atoms with E-state index in [1.54, 1.807) is 0 Å². The fraction of sp³-hybridized carbons (Fsp3) is 0.455. The van der Waals surface area contributed by atoms with Crippen molar-refractivity contribution >= 4 is 0 Å². The van der Waals surface area contributed by atoms with Crippen molar-refractivity contribution in [3.63, 3.8) is 0 Å². The molecule has 1 saturated heterocycles. The van der Waals surface area contributed by atoms with Crippen LogP contribution in [0.15, 0.2) is 30.3 Å². The molecular weight excluding hydrogens is 162 g/mol. The molecule has 13 heavy (non-hydrogen) atoms. The molecule has 0 unspecified atom stereocenters. The van der Waals surface area contributed by atoms with Crippen molar-refractivity contribution in [3.05, 3.63) is 35.9 Å². The second kappa shape index (κ2) is 3.90. The molecule has 1 aromatic rings. The molecule has 1 aliphatic rings. The van der Waals surface area contributed by atoms with Crippen molar-refractivity contribution in [1.82, 2.24) is 5.32 Å². The van der Waals surface area contributed by atoms with Gasteiger partial charge in [-0.3, -0.25) is 0 Å². The van der Waals surface area contributed by atoms with E-state index < -0.39 is 0 Å². The number of nitrogens with one attached hydrogen (secondary N) is 1. The zero-order valence-electron chi connectivity index (χ0n) is 7.61. The summed E-state index contributed by atoms with van der Waals surface area (Å²) in [5.41, 5.74) is 1.35. The predicted octanol–water partition coefficient (Wildman–Crippen LogP) is 0.952. The summed E-state index contributed by atoms with van der Waals surface area (Å²) in [5.74, 6) is 0. The SMILES string of the molecule is O[C@H]1CN[C@@H]1CCc1ccccc1. The van der Waals surface area contributed by atoms with Crippen molar-refractivity contribution in [2.45, 2.75) is 25.0 Å². The van der Waals surface area contributed by atoms with Gasteiger partial charge in [-0.15, -0.1) is 0 Å². The van der Waals surface area contributed by atoms with E-state index >= 15 is 0 Å². The van der Waals surface area contributed by atoms with Gasteiger partial charge in [0.25, 0.3) is 0 Å². The van der Waals surface area contributed by atoms with Gasteiger partial charge in [-0.05, 0) is 18.4 Å². The number of aliphatic hydroxyl groups excluding tert-OH is 1. The normalized spacial score (nSPS) is 26.8. The molecule has 70 valence electrons. The smallest absolute Gasteiger partial charge is 0.0817 e. The van der Waals surface area contributed by atoms with Crippen LogP contribution in [0, 0.1) is 0 Å². The van der Waals surface area contributed by atoms with Crippen molar-refractivity contribution in [3.8, 4) is 0 Å². The molecule has 1 fully saturated rings. The lowest BCUT2D eigenvalue weighted by Crippen LogP contribution is -2.57. The van der Waals surface area contributed by atoms with Crippen LogP contribution in [0.1, 0.15) is 12.0 Å². The minimum atomic E-state index is -0.122. The molecule has 0 amide bonds. The maximum absolute atomic E-state index is 9.32. The van der Waals surface area contributed by atoms with Gasteiger partial charge in [0, 0.05) is 12.6 Å². The lowest BCUT2D eigenvalue weighted by Gasteiger charge is -2.34. The molecule has 1 aliphatic heterocycles. The molecule has 0 saturated carbocycles. The number of rotatable bonds is 3. The van der Waals surface area contributed by atoms with E-state index in [4.69, 9.17) is 0 Å². The molecule has 0 aromatic heterocycles. The minimum absolute atomic E-state index is 0.122. The molecule has 0 radical (unpaired) electrons. The predicted molar refractivity (Wildman–Crippen MR) is 52.6 cm³/mol. The molecule has 2 N–H and O–H groups in total. The van der Waals surface area contributed by atoms with Crippen molar-refractivity contribution in [1.29, 1.82) is 0 Å². The summed E-state index contributed by atoms with van der Waals surface area (Å²) < 4.78 is 0. The highest BCUT2D eigenvalue weighted by Crippen LogP contribution is 2.12. The van der Waals surface area contributed by atoms with Gasteiger partial charge in [0.2, 0.25) is 0 Å². The van der Waals surface area contributed by atoms with E-state index in [1.165, 1.54) is 5.56 Å². The standard InChI is InChI=1S/C11H15NO/c13-11-8-12-10(11)7-6-9-4-2-1-3-5-9/h1-5,10-13H,6-8H2/t10-,11+/m1/s1. The summed E-state index contributed by atoms with van der Waals surface area (Å²) in [5, 5.41) is 12.5. The Bertz CT molecular complexity index is 260. The summed E-state index contributed by atoms with van der Waals surface area (Å²) in [6, 6.07) is 10.7. The average Bonchev–Trinajstić information content (AvgIpc) is 2.17. The Morgan fingerprint density at radius 1 is 1.31 bits per heavy atom. The number of benzene rings is 1. The van der Waals surface area contributed by atoms with Crippen LogP contribution in [0.25, 0.3) is 0 Å².